The van der Waals surface area contributed by atoms with Gasteiger partial charge in [-0.25, -0.2) is 4.39 Å². The van der Waals surface area contributed by atoms with Gasteiger partial charge in [-0.2, -0.15) is 0 Å². The van der Waals surface area contributed by atoms with E-state index in [9.17, 15) is 18.8 Å². The minimum atomic E-state index is -0.579. The molecule has 0 unspecified atom stereocenters. The number of ether oxygens (including phenoxy) is 2. The third-order valence-electron chi connectivity index (χ3n) is 5.90. The van der Waals surface area contributed by atoms with Crippen molar-refractivity contribution < 1.29 is 28.2 Å². The van der Waals surface area contributed by atoms with Crippen LogP contribution in [0.15, 0.2) is 30.3 Å². The Balaban J connectivity index is 1.46. The lowest BCUT2D eigenvalue weighted by Gasteiger charge is -2.26. The highest BCUT2D eigenvalue weighted by atomic mass is 19.1. The Hall–Kier alpha value is -3.62. The van der Waals surface area contributed by atoms with E-state index in [1.165, 1.54) is 24.3 Å². The van der Waals surface area contributed by atoms with Crippen molar-refractivity contribution in [1.29, 1.82) is 0 Å². The van der Waals surface area contributed by atoms with Gasteiger partial charge in [0.25, 0.3) is 11.8 Å². The lowest BCUT2D eigenvalue weighted by Crippen LogP contribution is -2.38. The van der Waals surface area contributed by atoms with E-state index in [1.54, 1.807) is 17.9 Å². The molecular formula is C25H28FN3O5. The van der Waals surface area contributed by atoms with Crippen LogP contribution in [-0.4, -0.2) is 48.9 Å². The molecule has 2 heterocycles. The van der Waals surface area contributed by atoms with E-state index in [0.717, 1.165) is 32.4 Å². The van der Waals surface area contributed by atoms with E-state index >= 15 is 0 Å². The maximum absolute atomic E-state index is 14.5. The molecule has 0 radical (unpaired) electrons. The number of amides is 3. The van der Waals surface area contributed by atoms with E-state index in [2.05, 4.69) is 10.6 Å². The lowest BCUT2D eigenvalue weighted by atomic mass is 10.0. The highest BCUT2D eigenvalue weighted by Crippen LogP contribution is 2.31. The Kier molecular flexibility index (Phi) is 7.30. The summed E-state index contributed by atoms with van der Waals surface area (Å²) in [6.45, 7) is 3.50. The third-order valence-corrected chi connectivity index (χ3v) is 5.90. The molecule has 0 bridgehead atoms. The lowest BCUT2D eigenvalue weighted by molar-refractivity contribution is -0.134. The molecule has 180 valence electrons. The van der Waals surface area contributed by atoms with Gasteiger partial charge < -0.3 is 25.0 Å². The number of hydrogen-bond acceptors (Lipinski definition) is 5. The largest absolute Gasteiger partial charge is 0.490 e. The first kappa shape index (κ1) is 23.5. The molecule has 2 N–H and O–H groups in total. The van der Waals surface area contributed by atoms with E-state index in [1.807, 2.05) is 0 Å². The van der Waals surface area contributed by atoms with Crippen LogP contribution >= 0.6 is 0 Å². The zero-order valence-corrected chi connectivity index (χ0v) is 19.1. The number of aryl methyl sites for hydroxylation is 1. The fourth-order valence-corrected chi connectivity index (χ4v) is 4.10. The van der Waals surface area contributed by atoms with Crippen LogP contribution in [-0.2, 0) is 16.0 Å². The van der Waals surface area contributed by atoms with Gasteiger partial charge >= 0.3 is 0 Å². The van der Waals surface area contributed by atoms with Crippen molar-refractivity contribution in [2.45, 2.75) is 39.0 Å². The summed E-state index contributed by atoms with van der Waals surface area (Å²) in [6.07, 6.45) is 3.88. The predicted molar refractivity (Wildman–Crippen MR) is 125 cm³/mol. The smallest absolute Gasteiger partial charge is 0.260 e. The average molecular weight is 470 g/mol. The molecule has 2 aliphatic heterocycles. The van der Waals surface area contributed by atoms with Gasteiger partial charge in [0.1, 0.15) is 5.82 Å². The number of anilines is 2. The van der Waals surface area contributed by atoms with Crippen LogP contribution < -0.4 is 20.1 Å². The van der Waals surface area contributed by atoms with Crippen LogP contribution in [0.4, 0.5) is 15.8 Å². The summed E-state index contributed by atoms with van der Waals surface area (Å²) in [6, 6.07) is 7.33. The fraction of sp³-hybridized carbons (Fsp3) is 0.400. The van der Waals surface area contributed by atoms with Crippen molar-refractivity contribution in [1.82, 2.24) is 4.90 Å². The number of rotatable bonds is 7. The second kappa shape index (κ2) is 10.5. The van der Waals surface area contributed by atoms with Crippen molar-refractivity contribution in [2.75, 3.05) is 36.9 Å². The van der Waals surface area contributed by atoms with Gasteiger partial charge in [0.05, 0.1) is 12.3 Å². The highest BCUT2D eigenvalue weighted by molar-refractivity contribution is 6.05. The molecule has 2 aliphatic rings. The molecule has 0 saturated carbocycles. The van der Waals surface area contributed by atoms with Crippen molar-refractivity contribution in [3.63, 3.8) is 0 Å². The first-order valence-corrected chi connectivity index (χ1v) is 11.6. The number of fused-ring (bicyclic) bond motifs is 1. The minimum Gasteiger partial charge on any atom is -0.490 e. The average Bonchev–Trinajstić information content (AvgIpc) is 2.84. The van der Waals surface area contributed by atoms with Crippen molar-refractivity contribution in [2.24, 2.45) is 0 Å². The second-order valence-corrected chi connectivity index (χ2v) is 8.32. The number of hydrogen-bond donors (Lipinski definition) is 2. The maximum Gasteiger partial charge on any atom is 0.260 e. The molecular weight excluding hydrogens is 441 g/mol. The fourth-order valence-electron chi connectivity index (χ4n) is 4.10. The van der Waals surface area contributed by atoms with Crippen molar-refractivity contribution in [3.05, 3.63) is 47.3 Å². The molecule has 1 fully saturated rings. The van der Waals surface area contributed by atoms with Crippen LogP contribution in [0, 0.1) is 5.82 Å². The van der Waals surface area contributed by atoms with E-state index in [4.69, 9.17) is 9.47 Å². The van der Waals surface area contributed by atoms with Crippen LogP contribution in [0.3, 0.4) is 0 Å². The Morgan fingerprint density at radius 1 is 1.06 bits per heavy atom. The molecule has 2 aromatic rings. The number of carbonyl (C=O) groups is 3. The van der Waals surface area contributed by atoms with Gasteiger partial charge in [-0.15, -0.1) is 0 Å². The maximum atomic E-state index is 14.5. The van der Waals surface area contributed by atoms with Gasteiger partial charge in [0.2, 0.25) is 5.91 Å². The van der Waals surface area contributed by atoms with Gasteiger partial charge in [0.15, 0.2) is 18.1 Å². The normalized spacial score (nSPS) is 15.2. The van der Waals surface area contributed by atoms with Crippen LogP contribution in [0.5, 0.6) is 11.5 Å². The zero-order chi connectivity index (χ0) is 24.1. The molecule has 0 atom stereocenters. The number of likely N-dealkylation sites (tertiary alicyclic amines) is 1. The number of piperidine rings is 1. The molecule has 8 nitrogen and oxygen atoms in total. The second-order valence-electron chi connectivity index (χ2n) is 8.32. The molecule has 0 aliphatic carbocycles. The van der Waals surface area contributed by atoms with Crippen LogP contribution in [0.1, 0.15) is 48.5 Å². The summed E-state index contributed by atoms with van der Waals surface area (Å²) in [4.78, 5) is 38.7. The number of carbonyl (C=O) groups excluding carboxylic acids is 3. The molecule has 34 heavy (non-hydrogen) atoms. The monoisotopic (exact) mass is 469 g/mol. The topological polar surface area (TPSA) is 97.0 Å². The predicted octanol–water partition coefficient (Wildman–Crippen LogP) is 3.75. The summed E-state index contributed by atoms with van der Waals surface area (Å²) < 4.78 is 25.9. The quantitative estimate of drug-likeness (QED) is 0.644. The summed E-state index contributed by atoms with van der Waals surface area (Å²) in [5.74, 6) is -0.681. The minimum absolute atomic E-state index is 0.0311. The molecule has 0 spiro atoms. The van der Waals surface area contributed by atoms with Crippen LogP contribution in [0.25, 0.3) is 0 Å². The van der Waals surface area contributed by atoms with Gasteiger partial charge in [0, 0.05) is 30.8 Å². The van der Waals surface area contributed by atoms with E-state index < -0.39 is 11.7 Å². The number of nitrogens with zero attached hydrogens (tertiary/aromatic N) is 1. The number of nitrogens with one attached hydrogen (secondary N) is 2. The van der Waals surface area contributed by atoms with E-state index in [-0.39, 0.29) is 29.7 Å². The number of halogens is 1. The molecule has 2 aromatic carbocycles. The van der Waals surface area contributed by atoms with Crippen molar-refractivity contribution >= 4 is 29.1 Å². The summed E-state index contributed by atoms with van der Waals surface area (Å²) in [7, 11) is 0. The zero-order valence-electron chi connectivity index (χ0n) is 19.1. The van der Waals surface area contributed by atoms with Gasteiger partial charge in [-0.1, -0.05) is 0 Å². The molecule has 9 heteroatoms. The Morgan fingerprint density at radius 2 is 1.85 bits per heavy atom. The Morgan fingerprint density at radius 3 is 2.62 bits per heavy atom. The number of benzene rings is 2. The van der Waals surface area contributed by atoms with Gasteiger partial charge in [-0.05, 0) is 68.5 Å². The summed E-state index contributed by atoms with van der Waals surface area (Å²) >= 11 is 0. The molecule has 4 rings (SSSR count). The first-order chi connectivity index (χ1) is 16.4. The molecule has 1 saturated heterocycles. The first-order valence-electron chi connectivity index (χ1n) is 11.6. The molecule has 3 amide bonds. The highest BCUT2D eigenvalue weighted by Gasteiger charge is 2.21. The SMILES string of the molecule is CCOc1cc(C(=O)Nc2cc3c(cc2F)CCC(=O)N3)ccc1OCC(=O)N1CCCCC1. The van der Waals surface area contributed by atoms with Gasteiger partial charge in [-0.3, -0.25) is 14.4 Å². The molecule has 0 aromatic heterocycles. The Bertz CT molecular complexity index is 1100. The van der Waals surface area contributed by atoms with Crippen molar-refractivity contribution in [3.8, 4) is 11.5 Å². The summed E-state index contributed by atoms with van der Waals surface area (Å²) in [5.41, 5.74) is 1.38. The Labute approximate surface area is 197 Å². The van der Waals surface area contributed by atoms with E-state index in [0.29, 0.717) is 42.2 Å². The summed E-state index contributed by atoms with van der Waals surface area (Å²) in [5, 5.41) is 5.25. The van der Waals surface area contributed by atoms with Crippen LogP contribution in [0.2, 0.25) is 0 Å². The standard InChI is InChI=1S/C25H28FN3O5/c1-2-33-22-13-17(6-8-21(22)34-15-24(31)29-10-4-3-5-11-29)25(32)28-20-14-19-16(12-18(20)26)7-9-23(30)27-19/h6,8,12-14H,2-5,7,9-11,15H2,1H3,(H,27,30)(H,28,32). The third kappa shape index (κ3) is 5.47.